The van der Waals surface area contributed by atoms with E-state index in [2.05, 4.69) is 13.8 Å². The number of hydrogen-bond donors (Lipinski definition) is 0. The first-order valence-electron chi connectivity index (χ1n) is 16.2. The van der Waals surface area contributed by atoms with Crippen LogP contribution in [0.1, 0.15) is 168 Å². The molecule has 0 aromatic carbocycles. The predicted octanol–water partition coefficient (Wildman–Crippen LogP) is 9.94. The van der Waals surface area contributed by atoms with Crippen LogP contribution in [0, 0.1) is 0 Å². The average molecular weight is 495 g/mol. The van der Waals surface area contributed by atoms with E-state index in [1.165, 1.54) is 141 Å². The maximum atomic E-state index is 6.76. The van der Waals surface area contributed by atoms with Crippen molar-refractivity contribution < 1.29 is 14.2 Å². The minimum Gasteiger partial charge on any atom is -0.375 e. The van der Waals surface area contributed by atoms with Crippen LogP contribution in [0.15, 0.2) is 0 Å². The summed E-state index contributed by atoms with van der Waals surface area (Å²) >= 11 is 0. The van der Waals surface area contributed by atoms with Gasteiger partial charge in [-0.25, -0.2) is 0 Å². The minimum absolute atomic E-state index is 0.392. The molecule has 2 aliphatic heterocycles. The Kier molecular flexibility index (Phi) is 19.5. The Bertz CT molecular complexity index is 406. The van der Waals surface area contributed by atoms with Crippen molar-refractivity contribution in [2.45, 2.75) is 192 Å². The Morgan fingerprint density at radius 2 is 0.771 bits per heavy atom. The summed E-state index contributed by atoms with van der Waals surface area (Å²) in [7, 11) is 0. The molecule has 0 spiro atoms. The van der Waals surface area contributed by atoms with Gasteiger partial charge in [0.15, 0.2) is 0 Å². The second-order valence-electron chi connectivity index (χ2n) is 11.7. The molecule has 0 bridgehead atoms. The molecule has 2 rings (SSSR count). The Hall–Kier alpha value is -0.120. The first-order chi connectivity index (χ1) is 17.3. The zero-order chi connectivity index (χ0) is 24.8. The van der Waals surface area contributed by atoms with Crippen molar-refractivity contribution in [2.75, 3.05) is 13.2 Å². The van der Waals surface area contributed by atoms with Gasteiger partial charge in [0.2, 0.25) is 0 Å². The number of ether oxygens (including phenoxy) is 3. The fraction of sp³-hybridized carbons (Fsp3) is 1.00. The van der Waals surface area contributed by atoms with Crippen molar-refractivity contribution in [3.05, 3.63) is 0 Å². The smallest absolute Gasteiger partial charge is 0.0834 e. The van der Waals surface area contributed by atoms with Crippen LogP contribution in [0.5, 0.6) is 0 Å². The van der Waals surface area contributed by atoms with Crippen LogP contribution < -0.4 is 0 Å². The fourth-order valence-corrected chi connectivity index (χ4v) is 5.47. The molecule has 3 heteroatoms. The van der Waals surface area contributed by atoms with Gasteiger partial charge in [-0.2, -0.15) is 0 Å². The minimum atomic E-state index is 0.392. The molecule has 4 unspecified atom stereocenters. The predicted molar refractivity (Wildman–Crippen MR) is 150 cm³/mol. The van der Waals surface area contributed by atoms with E-state index in [-0.39, 0.29) is 0 Å². The van der Waals surface area contributed by atoms with Crippen molar-refractivity contribution >= 4 is 0 Å². The summed E-state index contributed by atoms with van der Waals surface area (Å²) in [5, 5.41) is 0. The lowest BCUT2D eigenvalue weighted by Gasteiger charge is -2.25. The monoisotopic (exact) mass is 494 g/mol. The van der Waals surface area contributed by atoms with Crippen LogP contribution in [0.4, 0.5) is 0 Å². The third kappa shape index (κ3) is 19.6. The quantitative estimate of drug-likeness (QED) is 0.0801. The van der Waals surface area contributed by atoms with Crippen LogP contribution in [-0.2, 0) is 14.2 Å². The molecular formula is C32H62O3. The van der Waals surface area contributed by atoms with Gasteiger partial charge >= 0.3 is 0 Å². The lowest BCUT2D eigenvalue weighted by atomic mass is 10.0. The summed E-state index contributed by atoms with van der Waals surface area (Å²) in [6, 6.07) is 0. The van der Waals surface area contributed by atoms with Gasteiger partial charge in [0.25, 0.3) is 0 Å². The Morgan fingerprint density at radius 1 is 0.486 bits per heavy atom. The van der Waals surface area contributed by atoms with E-state index >= 15 is 0 Å². The van der Waals surface area contributed by atoms with Gasteiger partial charge in [0, 0.05) is 12.8 Å². The van der Waals surface area contributed by atoms with Gasteiger partial charge in [0.1, 0.15) is 0 Å². The number of epoxide rings is 2. The van der Waals surface area contributed by atoms with E-state index in [1.807, 2.05) is 0 Å². The standard InChI is InChI=1S/C32H62O3/c1-3-5-7-9-11-13-15-17-19-21-23-29(25-31-27-33-31)35-30(26-32-28-34-32)24-22-20-18-16-14-12-10-8-6-4-2/h29-32H,3-28H2,1-2H3. The van der Waals surface area contributed by atoms with Crippen molar-refractivity contribution in [1.82, 2.24) is 0 Å². The number of rotatable bonds is 28. The molecule has 2 aliphatic rings. The Morgan fingerprint density at radius 3 is 1.06 bits per heavy atom. The van der Waals surface area contributed by atoms with Crippen LogP contribution in [0.3, 0.4) is 0 Å². The van der Waals surface area contributed by atoms with Gasteiger partial charge < -0.3 is 14.2 Å². The fourth-order valence-electron chi connectivity index (χ4n) is 5.47. The van der Waals surface area contributed by atoms with E-state index in [4.69, 9.17) is 14.2 Å². The lowest BCUT2D eigenvalue weighted by molar-refractivity contribution is -0.0359. The zero-order valence-electron chi connectivity index (χ0n) is 23.9. The maximum absolute atomic E-state index is 6.76. The number of hydrogen-bond acceptors (Lipinski definition) is 3. The molecule has 3 nitrogen and oxygen atoms in total. The topological polar surface area (TPSA) is 34.3 Å². The van der Waals surface area contributed by atoms with E-state index in [0.717, 1.165) is 26.1 Å². The molecule has 35 heavy (non-hydrogen) atoms. The maximum Gasteiger partial charge on any atom is 0.0834 e. The van der Waals surface area contributed by atoms with E-state index in [1.54, 1.807) is 0 Å². The van der Waals surface area contributed by atoms with Crippen LogP contribution >= 0.6 is 0 Å². The third-order valence-electron chi connectivity index (χ3n) is 8.00. The summed E-state index contributed by atoms with van der Waals surface area (Å²) in [6.45, 7) is 6.50. The molecule has 0 aromatic rings. The molecule has 2 fully saturated rings. The summed E-state index contributed by atoms with van der Waals surface area (Å²) < 4.78 is 17.9. The van der Waals surface area contributed by atoms with Crippen molar-refractivity contribution in [3.8, 4) is 0 Å². The normalized spacial score (nSPS) is 20.7. The second-order valence-corrected chi connectivity index (χ2v) is 11.7. The van der Waals surface area contributed by atoms with Crippen molar-refractivity contribution in [2.24, 2.45) is 0 Å². The molecule has 4 atom stereocenters. The van der Waals surface area contributed by atoms with Gasteiger partial charge in [-0.15, -0.1) is 0 Å². The highest BCUT2D eigenvalue weighted by atomic mass is 16.6. The molecule has 208 valence electrons. The van der Waals surface area contributed by atoms with Gasteiger partial charge in [-0.1, -0.05) is 142 Å². The van der Waals surface area contributed by atoms with Crippen molar-refractivity contribution in [1.29, 1.82) is 0 Å². The SMILES string of the molecule is CCCCCCCCCCCCC(CC1CO1)OC(CCCCCCCCCCCC)CC1CO1. The molecule has 0 amide bonds. The first-order valence-corrected chi connectivity index (χ1v) is 16.2. The molecule has 0 radical (unpaired) electrons. The summed E-state index contributed by atoms with van der Waals surface area (Å²) in [5.41, 5.74) is 0. The molecule has 0 N–H and O–H groups in total. The molecule has 0 aliphatic carbocycles. The molecular weight excluding hydrogens is 432 g/mol. The highest BCUT2D eigenvalue weighted by molar-refractivity contribution is 4.79. The van der Waals surface area contributed by atoms with Crippen LogP contribution in [0.2, 0.25) is 0 Å². The summed E-state index contributed by atoms with van der Waals surface area (Å²) in [4.78, 5) is 0. The number of unbranched alkanes of at least 4 members (excludes halogenated alkanes) is 18. The third-order valence-corrected chi connectivity index (χ3v) is 8.00. The molecule has 0 aromatic heterocycles. The second kappa shape index (κ2) is 21.9. The molecule has 2 heterocycles. The average Bonchev–Trinajstić information content (AvgIpc) is 3.78. The van der Waals surface area contributed by atoms with E-state index < -0.39 is 0 Å². The van der Waals surface area contributed by atoms with Crippen LogP contribution in [0.25, 0.3) is 0 Å². The summed E-state index contributed by atoms with van der Waals surface area (Å²) in [5.74, 6) is 0. The molecule has 0 saturated carbocycles. The van der Waals surface area contributed by atoms with Gasteiger partial charge in [-0.3, -0.25) is 0 Å². The van der Waals surface area contributed by atoms with E-state index in [9.17, 15) is 0 Å². The first kappa shape index (κ1) is 31.1. The zero-order valence-corrected chi connectivity index (χ0v) is 23.9. The van der Waals surface area contributed by atoms with E-state index in [0.29, 0.717) is 24.4 Å². The van der Waals surface area contributed by atoms with Crippen LogP contribution in [-0.4, -0.2) is 37.6 Å². The summed E-state index contributed by atoms with van der Waals surface area (Å²) in [6.07, 6.45) is 34.4. The largest absolute Gasteiger partial charge is 0.375 e. The van der Waals surface area contributed by atoms with Gasteiger partial charge in [-0.05, 0) is 12.8 Å². The van der Waals surface area contributed by atoms with Gasteiger partial charge in [0.05, 0.1) is 37.6 Å². The Labute approximate surface area is 219 Å². The highest BCUT2D eigenvalue weighted by Crippen LogP contribution is 2.27. The Balaban J connectivity index is 1.53. The lowest BCUT2D eigenvalue weighted by Crippen LogP contribution is -2.25. The molecule has 2 saturated heterocycles. The van der Waals surface area contributed by atoms with Crippen molar-refractivity contribution in [3.63, 3.8) is 0 Å². The highest BCUT2D eigenvalue weighted by Gasteiger charge is 2.31.